The van der Waals surface area contributed by atoms with Crippen molar-refractivity contribution < 1.29 is 14.0 Å². The molecule has 3 N–H and O–H groups in total. The molecule has 0 saturated carbocycles. The van der Waals surface area contributed by atoms with Gasteiger partial charge in [0.05, 0.1) is 24.2 Å². The Morgan fingerprint density at radius 2 is 2.00 bits per heavy atom. The molecule has 1 aromatic heterocycles. The Labute approximate surface area is 155 Å². The smallest absolute Gasteiger partial charge is 0.273 e. The number of carbonyl (C=O) groups excluding carboxylic acids is 2. The molecule has 8 nitrogen and oxygen atoms in total. The number of nitrogens with zero attached hydrogens (tertiary/aromatic N) is 3. The minimum absolute atomic E-state index is 0.0452. The van der Waals surface area contributed by atoms with Crippen LogP contribution in [0, 0.1) is 11.2 Å². The zero-order valence-electron chi connectivity index (χ0n) is 15.3. The highest BCUT2D eigenvalue weighted by Crippen LogP contribution is 2.33. The fourth-order valence-corrected chi connectivity index (χ4v) is 2.88. The van der Waals surface area contributed by atoms with Gasteiger partial charge in [-0.3, -0.25) is 9.59 Å². The van der Waals surface area contributed by atoms with Crippen molar-refractivity contribution >= 4 is 11.8 Å². The summed E-state index contributed by atoms with van der Waals surface area (Å²) in [4.78, 5) is 26.2. The predicted molar refractivity (Wildman–Crippen MR) is 96.3 cm³/mol. The molecule has 1 saturated heterocycles. The quantitative estimate of drug-likeness (QED) is 0.746. The molecule has 0 bridgehead atoms. The highest BCUT2D eigenvalue weighted by atomic mass is 19.1. The fourth-order valence-electron chi connectivity index (χ4n) is 2.88. The van der Waals surface area contributed by atoms with Crippen molar-refractivity contribution in [1.82, 2.24) is 30.9 Å². The number of hydrogen-bond acceptors (Lipinski definition) is 5. The van der Waals surface area contributed by atoms with Crippen LogP contribution >= 0.6 is 0 Å². The molecule has 9 heteroatoms. The predicted octanol–water partition coefficient (Wildman–Crippen LogP) is 1.11. The average molecular weight is 372 g/mol. The molecule has 27 heavy (non-hydrogen) atoms. The molecule has 1 aliphatic heterocycles. The molecule has 142 valence electrons. The van der Waals surface area contributed by atoms with E-state index in [1.165, 1.54) is 35.3 Å². The van der Waals surface area contributed by atoms with Crippen molar-refractivity contribution in [2.24, 2.45) is 5.41 Å². The number of halogens is 1. The summed E-state index contributed by atoms with van der Waals surface area (Å²) in [5.41, 5.74) is -0.919. The summed E-state index contributed by atoms with van der Waals surface area (Å²) in [6, 6.07) is 5.57. The average Bonchev–Trinajstić information content (AvgIpc) is 3.18. The minimum Gasteiger partial charge on any atom is -0.356 e. The van der Waals surface area contributed by atoms with Gasteiger partial charge < -0.3 is 16.0 Å². The van der Waals surface area contributed by atoms with Crippen LogP contribution in [0.15, 0.2) is 42.9 Å². The second-order valence-corrected chi connectivity index (χ2v) is 7.39. The van der Waals surface area contributed by atoms with Gasteiger partial charge >= 0.3 is 0 Å². The van der Waals surface area contributed by atoms with Crippen molar-refractivity contribution in [2.75, 3.05) is 6.54 Å². The third-order valence-corrected chi connectivity index (χ3v) is 4.59. The summed E-state index contributed by atoms with van der Waals surface area (Å²) in [5.74, 6) is -0.707. The van der Waals surface area contributed by atoms with Gasteiger partial charge in [-0.05, 0) is 29.7 Å². The molecule has 0 aliphatic carbocycles. The first kappa shape index (κ1) is 18.6. The number of aromatic nitrogens is 3. The van der Waals surface area contributed by atoms with E-state index in [9.17, 15) is 14.0 Å². The van der Waals surface area contributed by atoms with Gasteiger partial charge in [0.15, 0.2) is 5.69 Å². The standard InChI is InChI=1S/C18H21FN6O2/c1-11-22-16(27)18(23-11,17(2,3)4)10-20-15(26)14-9-21-25(24-14)13-7-5-12(19)6-8-13/h5-9,23H,1,10H2,2-4H3,(H,20,26)(H,22,27). The zero-order valence-corrected chi connectivity index (χ0v) is 15.3. The van der Waals surface area contributed by atoms with Crippen molar-refractivity contribution in [1.29, 1.82) is 0 Å². The van der Waals surface area contributed by atoms with Gasteiger partial charge in [-0.1, -0.05) is 27.4 Å². The minimum atomic E-state index is -1.04. The van der Waals surface area contributed by atoms with Crippen molar-refractivity contribution in [2.45, 2.75) is 26.3 Å². The fraction of sp³-hybridized carbons (Fsp3) is 0.333. The van der Waals surface area contributed by atoms with Crippen molar-refractivity contribution in [3.05, 3.63) is 54.4 Å². The van der Waals surface area contributed by atoms with Crippen molar-refractivity contribution in [3.63, 3.8) is 0 Å². The van der Waals surface area contributed by atoms with E-state index in [0.29, 0.717) is 11.5 Å². The van der Waals surface area contributed by atoms with Gasteiger partial charge in [0, 0.05) is 0 Å². The van der Waals surface area contributed by atoms with Crippen LogP contribution in [0.25, 0.3) is 5.69 Å². The summed E-state index contributed by atoms with van der Waals surface area (Å²) in [7, 11) is 0. The third-order valence-electron chi connectivity index (χ3n) is 4.59. The summed E-state index contributed by atoms with van der Waals surface area (Å²) < 4.78 is 13.0. The molecule has 0 spiro atoms. The molecule has 3 rings (SSSR count). The summed E-state index contributed by atoms with van der Waals surface area (Å²) >= 11 is 0. The van der Waals surface area contributed by atoms with E-state index in [4.69, 9.17) is 0 Å². The molecule has 1 atom stereocenters. The maximum Gasteiger partial charge on any atom is 0.273 e. The highest BCUT2D eigenvalue weighted by Gasteiger charge is 2.52. The molecule has 2 amide bonds. The SMILES string of the molecule is C=C1NC(=O)C(CNC(=O)c2cnn(-c3ccc(F)cc3)n2)(C(C)(C)C)N1. The Hall–Kier alpha value is -3.23. The Morgan fingerprint density at radius 1 is 1.33 bits per heavy atom. The monoisotopic (exact) mass is 372 g/mol. The van der Waals surface area contributed by atoms with Gasteiger partial charge in [-0.2, -0.15) is 9.90 Å². The number of hydrogen-bond donors (Lipinski definition) is 3. The number of carbonyl (C=O) groups is 2. The Morgan fingerprint density at radius 3 is 2.56 bits per heavy atom. The topological polar surface area (TPSA) is 101 Å². The highest BCUT2D eigenvalue weighted by molar-refractivity contribution is 5.95. The first-order valence-corrected chi connectivity index (χ1v) is 8.37. The molecule has 1 aliphatic rings. The molecular weight excluding hydrogens is 351 g/mol. The van der Waals surface area contributed by atoms with Gasteiger partial charge in [0.1, 0.15) is 11.4 Å². The van der Waals surface area contributed by atoms with Crippen LogP contribution in [0.2, 0.25) is 0 Å². The Kier molecular flexibility index (Phi) is 4.46. The maximum absolute atomic E-state index is 13.0. The summed E-state index contributed by atoms with van der Waals surface area (Å²) in [5, 5.41) is 16.6. The van der Waals surface area contributed by atoms with Gasteiger partial charge in [0.25, 0.3) is 11.8 Å². The lowest BCUT2D eigenvalue weighted by Gasteiger charge is -2.39. The summed E-state index contributed by atoms with van der Waals surface area (Å²) in [6.07, 6.45) is 1.31. The normalized spacial score (nSPS) is 19.6. The molecule has 2 aromatic rings. The maximum atomic E-state index is 13.0. The van der Waals surface area contributed by atoms with Gasteiger partial charge in [-0.25, -0.2) is 4.39 Å². The molecule has 1 unspecified atom stereocenters. The summed E-state index contributed by atoms with van der Waals surface area (Å²) in [6.45, 7) is 9.47. The number of nitrogens with one attached hydrogen (secondary N) is 3. The van der Waals surface area contributed by atoms with Crippen LogP contribution in [0.5, 0.6) is 0 Å². The second kappa shape index (κ2) is 6.49. The number of rotatable bonds is 4. The lowest BCUT2D eigenvalue weighted by Crippen LogP contribution is -2.62. The number of benzene rings is 1. The lowest BCUT2D eigenvalue weighted by molar-refractivity contribution is -0.127. The first-order chi connectivity index (χ1) is 12.6. The van der Waals surface area contributed by atoms with Crippen LogP contribution in [0.4, 0.5) is 4.39 Å². The van der Waals surface area contributed by atoms with Crippen LogP contribution in [0.3, 0.4) is 0 Å². The molecule has 1 aromatic carbocycles. The van der Waals surface area contributed by atoms with Crippen LogP contribution in [0.1, 0.15) is 31.3 Å². The van der Waals surface area contributed by atoms with E-state index < -0.39 is 16.9 Å². The van der Waals surface area contributed by atoms with E-state index >= 15 is 0 Å². The van der Waals surface area contributed by atoms with E-state index in [1.54, 1.807) is 0 Å². The first-order valence-electron chi connectivity index (χ1n) is 8.37. The van der Waals surface area contributed by atoms with Crippen molar-refractivity contribution in [3.8, 4) is 5.69 Å². The molecule has 2 heterocycles. The van der Waals surface area contributed by atoms with Crippen LogP contribution in [-0.4, -0.2) is 38.9 Å². The van der Waals surface area contributed by atoms with Gasteiger partial charge in [0.2, 0.25) is 0 Å². The Balaban J connectivity index is 1.75. The second-order valence-electron chi connectivity index (χ2n) is 7.39. The van der Waals surface area contributed by atoms with Gasteiger partial charge in [-0.15, -0.1) is 5.10 Å². The zero-order chi connectivity index (χ0) is 19.8. The van der Waals surface area contributed by atoms with E-state index in [2.05, 4.69) is 32.7 Å². The number of amides is 2. The Bertz CT molecular complexity index is 899. The molecular formula is C18H21FN6O2. The van der Waals surface area contributed by atoms with E-state index in [-0.39, 0.29) is 24.0 Å². The molecule has 0 radical (unpaired) electrons. The third kappa shape index (κ3) is 3.40. The van der Waals surface area contributed by atoms with Crippen LogP contribution < -0.4 is 16.0 Å². The lowest BCUT2D eigenvalue weighted by atomic mass is 9.73. The van der Waals surface area contributed by atoms with E-state index in [0.717, 1.165) is 0 Å². The largest absolute Gasteiger partial charge is 0.356 e. The van der Waals surface area contributed by atoms with Crippen LogP contribution in [-0.2, 0) is 4.79 Å². The van der Waals surface area contributed by atoms with E-state index in [1.807, 2.05) is 20.8 Å². The molecule has 1 fully saturated rings.